The topological polar surface area (TPSA) is 107 Å². The largest absolute Gasteiger partial charge is 0.334 e. The van der Waals surface area contributed by atoms with E-state index in [1.807, 2.05) is 6.07 Å². The number of nitrogens with zero attached hydrogens (tertiary/aromatic N) is 5. The summed E-state index contributed by atoms with van der Waals surface area (Å²) in [7, 11) is 0. The van der Waals surface area contributed by atoms with Crippen LogP contribution >= 0.6 is 0 Å². The number of amides is 4. The Bertz CT molecular complexity index is 778. The summed E-state index contributed by atoms with van der Waals surface area (Å²) in [6.45, 7) is 0.0221. The molecule has 0 saturated carbocycles. The number of nitriles is 1. The molecule has 0 spiro atoms. The van der Waals surface area contributed by atoms with Gasteiger partial charge >= 0.3 is 17.8 Å². The highest BCUT2D eigenvalue weighted by atomic mass is 16.2. The van der Waals surface area contributed by atoms with Gasteiger partial charge in [-0.25, -0.2) is 19.7 Å². The molecular weight excluding hydrogens is 322 g/mol. The molecule has 2 aliphatic rings. The molecule has 1 aromatic heterocycles. The Morgan fingerprint density at radius 3 is 2.44 bits per heavy atom. The van der Waals surface area contributed by atoms with E-state index in [1.54, 1.807) is 0 Å². The lowest BCUT2D eigenvalue weighted by Gasteiger charge is -2.17. The van der Waals surface area contributed by atoms with E-state index in [1.165, 1.54) is 24.4 Å². The normalized spacial score (nSPS) is 17.7. The summed E-state index contributed by atoms with van der Waals surface area (Å²) in [5, 5.41) is 8.73. The third-order valence-electron chi connectivity index (χ3n) is 4.31. The Morgan fingerprint density at radius 1 is 1.08 bits per heavy atom. The highest BCUT2D eigenvalue weighted by Crippen LogP contribution is 2.22. The molecule has 0 aromatic carbocycles. The van der Waals surface area contributed by atoms with Crippen LogP contribution in [0, 0.1) is 11.3 Å². The number of allylic oxidation sites excluding steroid dienone is 1. The second kappa shape index (κ2) is 7.21. The van der Waals surface area contributed by atoms with Crippen LogP contribution < -0.4 is 0 Å². The minimum absolute atomic E-state index is 0.186. The summed E-state index contributed by atoms with van der Waals surface area (Å²) in [5.74, 6) is -1.48. The average molecular weight is 339 g/mol. The molecule has 0 unspecified atom stereocenters. The summed E-state index contributed by atoms with van der Waals surface area (Å²) in [5.41, 5.74) is 1.51. The summed E-state index contributed by atoms with van der Waals surface area (Å²) in [4.78, 5) is 46.3. The van der Waals surface area contributed by atoms with E-state index >= 15 is 0 Å². The number of rotatable bonds is 5. The van der Waals surface area contributed by atoms with Gasteiger partial charge in [-0.2, -0.15) is 5.26 Å². The minimum atomic E-state index is -0.865. The van der Waals surface area contributed by atoms with Crippen molar-refractivity contribution in [2.45, 2.75) is 38.6 Å². The molecule has 8 heteroatoms. The summed E-state index contributed by atoms with van der Waals surface area (Å²) < 4.78 is 0. The Kier molecular flexibility index (Phi) is 4.84. The first-order chi connectivity index (χ1) is 12.1. The van der Waals surface area contributed by atoms with E-state index in [0.717, 1.165) is 29.1 Å². The van der Waals surface area contributed by atoms with Gasteiger partial charge < -0.3 is 0 Å². The van der Waals surface area contributed by atoms with Crippen molar-refractivity contribution >= 4 is 17.8 Å². The molecule has 1 aliphatic heterocycles. The molecule has 1 saturated heterocycles. The maximum atomic E-state index is 12.4. The fourth-order valence-corrected chi connectivity index (χ4v) is 2.91. The van der Waals surface area contributed by atoms with Crippen molar-refractivity contribution in [3.05, 3.63) is 35.4 Å². The van der Waals surface area contributed by atoms with Crippen LogP contribution in [0.25, 0.3) is 0 Å². The van der Waals surface area contributed by atoms with Crippen LogP contribution in [0.1, 0.15) is 43.5 Å². The smallest absolute Gasteiger partial charge is 0.263 e. The van der Waals surface area contributed by atoms with Crippen molar-refractivity contribution in [2.75, 3.05) is 6.54 Å². The van der Waals surface area contributed by atoms with E-state index in [0.29, 0.717) is 6.42 Å². The molecule has 25 heavy (non-hydrogen) atoms. The summed E-state index contributed by atoms with van der Waals surface area (Å²) >= 11 is 0. The Labute approximate surface area is 144 Å². The SMILES string of the molecule is N#Cc1cnc(CN2C(=O)C(=O)N(CCC3=CCCCC3)C2=O)nc1. The number of urea groups is 1. The van der Waals surface area contributed by atoms with E-state index in [9.17, 15) is 14.4 Å². The van der Waals surface area contributed by atoms with Crippen molar-refractivity contribution < 1.29 is 14.4 Å². The summed E-state index contributed by atoms with van der Waals surface area (Å²) in [6.07, 6.45) is 9.66. The van der Waals surface area contributed by atoms with Crippen LogP contribution in [-0.4, -0.2) is 44.2 Å². The first-order valence-electron chi connectivity index (χ1n) is 8.16. The van der Waals surface area contributed by atoms with Gasteiger partial charge in [-0.15, -0.1) is 0 Å². The predicted octanol–water partition coefficient (Wildman–Crippen LogP) is 1.53. The standard InChI is InChI=1S/C17H17N5O3/c18-8-13-9-19-14(20-10-13)11-22-16(24)15(23)21(17(22)25)7-6-12-4-2-1-3-5-12/h4,9-10H,1-3,5-7,11H2. The number of carbonyl (C=O) groups excluding carboxylic acids is 3. The monoisotopic (exact) mass is 339 g/mol. The fraction of sp³-hybridized carbons (Fsp3) is 0.412. The molecule has 1 aromatic rings. The first-order valence-corrected chi connectivity index (χ1v) is 8.16. The number of imide groups is 2. The van der Waals surface area contributed by atoms with Crippen molar-refractivity contribution in [2.24, 2.45) is 0 Å². The van der Waals surface area contributed by atoms with Gasteiger partial charge in [-0.1, -0.05) is 11.6 Å². The molecule has 2 heterocycles. The average Bonchev–Trinajstić information content (AvgIpc) is 2.85. The van der Waals surface area contributed by atoms with Crippen molar-refractivity contribution in [1.29, 1.82) is 5.26 Å². The van der Waals surface area contributed by atoms with E-state index in [4.69, 9.17) is 5.26 Å². The zero-order chi connectivity index (χ0) is 17.8. The zero-order valence-corrected chi connectivity index (χ0v) is 13.6. The van der Waals surface area contributed by atoms with Gasteiger partial charge in [0, 0.05) is 18.9 Å². The van der Waals surface area contributed by atoms with Gasteiger partial charge in [0.25, 0.3) is 0 Å². The molecule has 1 fully saturated rings. The second-order valence-electron chi connectivity index (χ2n) is 5.99. The zero-order valence-electron chi connectivity index (χ0n) is 13.6. The number of carbonyl (C=O) groups is 3. The van der Waals surface area contributed by atoms with Crippen LogP contribution in [0.5, 0.6) is 0 Å². The van der Waals surface area contributed by atoms with Gasteiger partial charge in [-0.3, -0.25) is 14.5 Å². The molecule has 8 nitrogen and oxygen atoms in total. The maximum absolute atomic E-state index is 12.4. The van der Waals surface area contributed by atoms with Crippen LogP contribution in [0.3, 0.4) is 0 Å². The van der Waals surface area contributed by atoms with Crippen molar-refractivity contribution in [3.8, 4) is 6.07 Å². The van der Waals surface area contributed by atoms with Gasteiger partial charge in [-0.05, 0) is 32.1 Å². The Morgan fingerprint density at radius 2 is 1.80 bits per heavy atom. The van der Waals surface area contributed by atoms with E-state index < -0.39 is 17.8 Å². The van der Waals surface area contributed by atoms with Crippen LogP contribution in [-0.2, 0) is 16.1 Å². The van der Waals surface area contributed by atoms with Crippen LogP contribution in [0.15, 0.2) is 24.0 Å². The van der Waals surface area contributed by atoms with Gasteiger partial charge in [0.2, 0.25) is 0 Å². The molecule has 128 valence electrons. The predicted molar refractivity (Wildman–Crippen MR) is 85.6 cm³/mol. The molecule has 3 rings (SSSR count). The lowest BCUT2D eigenvalue weighted by atomic mass is 9.97. The lowest BCUT2D eigenvalue weighted by molar-refractivity contribution is -0.143. The van der Waals surface area contributed by atoms with Crippen LogP contribution in [0.4, 0.5) is 4.79 Å². The quantitative estimate of drug-likeness (QED) is 0.457. The van der Waals surface area contributed by atoms with Crippen molar-refractivity contribution in [1.82, 2.24) is 19.8 Å². The second-order valence-corrected chi connectivity index (χ2v) is 5.99. The van der Waals surface area contributed by atoms with Crippen LogP contribution in [0.2, 0.25) is 0 Å². The molecular formula is C17H17N5O3. The van der Waals surface area contributed by atoms with Gasteiger partial charge in [0.1, 0.15) is 11.9 Å². The molecule has 0 atom stereocenters. The highest BCUT2D eigenvalue weighted by molar-refractivity contribution is 6.44. The molecule has 0 N–H and O–H groups in total. The van der Waals surface area contributed by atoms with Crippen molar-refractivity contribution in [3.63, 3.8) is 0 Å². The molecule has 0 bridgehead atoms. The Balaban J connectivity index is 1.66. The maximum Gasteiger partial charge on any atom is 0.334 e. The van der Waals surface area contributed by atoms with Gasteiger partial charge in [0.15, 0.2) is 0 Å². The van der Waals surface area contributed by atoms with Gasteiger partial charge in [0.05, 0.1) is 12.1 Å². The van der Waals surface area contributed by atoms with E-state index in [2.05, 4.69) is 16.0 Å². The van der Waals surface area contributed by atoms with E-state index in [-0.39, 0.29) is 24.5 Å². The first kappa shape index (κ1) is 16.8. The summed E-state index contributed by atoms with van der Waals surface area (Å²) in [6, 6.07) is 1.25. The minimum Gasteiger partial charge on any atom is -0.263 e. The third-order valence-corrected chi connectivity index (χ3v) is 4.31. The fourth-order valence-electron chi connectivity index (χ4n) is 2.91. The molecule has 4 amide bonds. The number of hydrogen-bond donors (Lipinski definition) is 0. The number of hydrogen-bond acceptors (Lipinski definition) is 6. The highest BCUT2D eigenvalue weighted by Gasteiger charge is 2.44. The number of aromatic nitrogens is 2. The Hall–Kier alpha value is -3.08. The lowest BCUT2D eigenvalue weighted by Crippen LogP contribution is -2.34. The molecule has 1 aliphatic carbocycles. The molecule has 0 radical (unpaired) electrons. The third kappa shape index (κ3) is 3.55.